The minimum atomic E-state index is -1.10. The number of hydrogen-bond donors (Lipinski definition) is 2. The van der Waals surface area contributed by atoms with Crippen molar-refractivity contribution in [2.75, 3.05) is 37.6 Å². The van der Waals surface area contributed by atoms with Crippen LogP contribution in [0, 0.1) is 22.7 Å². The van der Waals surface area contributed by atoms with Crippen molar-refractivity contribution in [3.8, 4) is 0 Å². The topological polar surface area (TPSA) is 94.0 Å². The Labute approximate surface area is 217 Å². The van der Waals surface area contributed by atoms with Crippen molar-refractivity contribution < 1.29 is 19.8 Å². The predicted molar refractivity (Wildman–Crippen MR) is 143 cm³/mol. The molecule has 2 heterocycles. The monoisotopic (exact) mass is 511 g/mol. The summed E-state index contributed by atoms with van der Waals surface area (Å²) in [5.74, 6) is 0.0378. The van der Waals surface area contributed by atoms with Crippen molar-refractivity contribution in [2.45, 2.75) is 51.9 Å². The minimum Gasteiger partial charge on any atom is -0.481 e. The molecule has 0 amide bonds. The molecule has 1 aromatic carbocycles. The molecule has 7 nitrogen and oxygen atoms in total. The van der Waals surface area contributed by atoms with Gasteiger partial charge >= 0.3 is 11.9 Å². The first-order chi connectivity index (χ1) is 17.3. The number of fused-ring (bicyclic) bond motifs is 1. The summed E-state index contributed by atoms with van der Waals surface area (Å²) in [5, 5.41) is 21.2. The predicted octanol–water partition coefficient (Wildman–Crippen LogP) is 5.13. The third-order valence-corrected chi connectivity index (χ3v) is 9.89. The van der Waals surface area contributed by atoms with E-state index in [4.69, 9.17) is 4.37 Å². The van der Waals surface area contributed by atoms with Gasteiger partial charge in [-0.2, -0.15) is 4.37 Å². The Hall–Kier alpha value is -2.45. The van der Waals surface area contributed by atoms with Gasteiger partial charge in [0.1, 0.15) is 5.82 Å². The maximum atomic E-state index is 12.4. The van der Waals surface area contributed by atoms with E-state index in [9.17, 15) is 19.8 Å². The Kier molecular flexibility index (Phi) is 7.10. The van der Waals surface area contributed by atoms with Gasteiger partial charge in [0.25, 0.3) is 0 Å². The molecule has 0 spiro atoms. The van der Waals surface area contributed by atoms with E-state index < -0.39 is 22.8 Å². The number of benzene rings is 1. The Morgan fingerprint density at radius 1 is 1.06 bits per heavy atom. The fraction of sp³-hybridized carbons (Fsp3) is 0.607. The van der Waals surface area contributed by atoms with Gasteiger partial charge in [-0.15, -0.1) is 0 Å². The minimum absolute atomic E-state index is 0.0475. The standard InChI is InChI=1S/C28H37N3O4S/c1-27(25(32)33)12-4-13-28(19-27,26(34)35)21-9-7-20(8-10-21)11-14-30-15-17-31(18-16-30)24-22-5-2-3-6-23(22)36-29-24/h2-6,12,20-21H,7-11,13-19H2,1H3,(H,32,33)(H,34,35). The summed E-state index contributed by atoms with van der Waals surface area (Å²) in [6.07, 6.45) is 9.12. The fourth-order valence-corrected chi connectivity index (χ4v) is 7.56. The molecule has 2 atom stereocenters. The Bertz CT molecular complexity index is 1130. The number of carboxylic acids is 2. The van der Waals surface area contributed by atoms with Crippen LogP contribution in [0.4, 0.5) is 5.82 Å². The lowest BCUT2D eigenvalue weighted by Crippen LogP contribution is -2.48. The molecule has 194 valence electrons. The van der Waals surface area contributed by atoms with Gasteiger partial charge in [0.2, 0.25) is 0 Å². The van der Waals surface area contributed by atoms with E-state index in [0.717, 1.165) is 70.6 Å². The summed E-state index contributed by atoms with van der Waals surface area (Å²) >= 11 is 1.58. The molecular weight excluding hydrogens is 474 g/mol. The van der Waals surface area contributed by atoms with Crippen LogP contribution in [-0.2, 0) is 9.59 Å². The molecule has 1 aromatic heterocycles. The van der Waals surface area contributed by atoms with Gasteiger partial charge in [-0.3, -0.25) is 14.5 Å². The molecular formula is C28H37N3O4S. The number of rotatable bonds is 7. The van der Waals surface area contributed by atoms with Crippen LogP contribution >= 0.6 is 11.5 Å². The second-order valence-electron chi connectivity index (χ2n) is 11.3. The van der Waals surface area contributed by atoms with Crippen LogP contribution in [0.1, 0.15) is 51.9 Å². The first-order valence-electron chi connectivity index (χ1n) is 13.3. The molecule has 2 aromatic rings. The smallest absolute Gasteiger partial charge is 0.313 e. The zero-order valence-corrected chi connectivity index (χ0v) is 21.9. The second-order valence-corrected chi connectivity index (χ2v) is 12.1. The molecule has 2 unspecified atom stereocenters. The molecule has 1 aliphatic heterocycles. The third kappa shape index (κ3) is 4.77. The van der Waals surface area contributed by atoms with Crippen LogP contribution in [0.25, 0.3) is 10.1 Å². The first-order valence-corrected chi connectivity index (χ1v) is 14.0. The van der Waals surface area contributed by atoms with Gasteiger partial charge in [-0.25, -0.2) is 0 Å². The molecule has 8 heteroatoms. The van der Waals surface area contributed by atoms with Gasteiger partial charge in [0.15, 0.2) is 0 Å². The van der Waals surface area contributed by atoms with Crippen molar-refractivity contribution in [1.82, 2.24) is 9.27 Å². The number of aromatic nitrogens is 1. The highest BCUT2D eigenvalue weighted by molar-refractivity contribution is 7.13. The number of anilines is 1. The van der Waals surface area contributed by atoms with Crippen molar-refractivity contribution >= 4 is 39.4 Å². The molecule has 1 saturated heterocycles. The quantitative estimate of drug-likeness (QED) is 0.498. The van der Waals surface area contributed by atoms with Crippen LogP contribution in [0.5, 0.6) is 0 Å². The average Bonchev–Trinajstić information content (AvgIpc) is 3.32. The van der Waals surface area contributed by atoms with Crippen LogP contribution in [-0.4, -0.2) is 64.1 Å². The Morgan fingerprint density at radius 3 is 2.47 bits per heavy atom. The summed E-state index contributed by atoms with van der Waals surface area (Å²) in [5.41, 5.74) is -2.05. The number of carboxylic acid groups (broad SMARTS) is 2. The second kappa shape index (κ2) is 10.1. The summed E-state index contributed by atoms with van der Waals surface area (Å²) in [4.78, 5) is 29.3. The van der Waals surface area contributed by atoms with Crippen molar-refractivity contribution in [1.29, 1.82) is 0 Å². The Morgan fingerprint density at radius 2 is 1.78 bits per heavy atom. The third-order valence-electron chi connectivity index (χ3n) is 9.08. The van der Waals surface area contributed by atoms with E-state index in [0.29, 0.717) is 12.3 Å². The van der Waals surface area contributed by atoms with E-state index in [2.05, 4.69) is 34.1 Å². The molecule has 2 N–H and O–H groups in total. The van der Waals surface area contributed by atoms with E-state index in [1.807, 2.05) is 0 Å². The van der Waals surface area contributed by atoms with Crippen LogP contribution in [0.3, 0.4) is 0 Å². The maximum absolute atomic E-state index is 12.4. The van der Waals surface area contributed by atoms with E-state index in [1.165, 1.54) is 10.1 Å². The number of hydrogen-bond acceptors (Lipinski definition) is 6. The molecule has 3 aliphatic rings. The van der Waals surface area contributed by atoms with Crippen LogP contribution in [0.15, 0.2) is 36.4 Å². The summed E-state index contributed by atoms with van der Waals surface area (Å²) in [6, 6.07) is 8.45. The Balaban J connectivity index is 1.11. The summed E-state index contributed by atoms with van der Waals surface area (Å²) in [7, 11) is 0. The zero-order chi connectivity index (χ0) is 25.3. The zero-order valence-electron chi connectivity index (χ0n) is 21.1. The van der Waals surface area contributed by atoms with Gasteiger partial charge in [-0.1, -0.05) is 37.1 Å². The van der Waals surface area contributed by atoms with Crippen molar-refractivity contribution in [3.63, 3.8) is 0 Å². The normalized spacial score (nSPS) is 31.5. The number of aliphatic carboxylic acids is 2. The van der Waals surface area contributed by atoms with E-state index >= 15 is 0 Å². The van der Waals surface area contributed by atoms with Crippen molar-refractivity contribution in [2.24, 2.45) is 22.7 Å². The van der Waals surface area contributed by atoms with Crippen LogP contribution in [0.2, 0.25) is 0 Å². The molecule has 2 fully saturated rings. The molecule has 0 bridgehead atoms. The fourth-order valence-electron chi connectivity index (χ4n) is 6.76. The lowest BCUT2D eigenvalue weighted by atomic mass is 9.57. The van der Waals surface area contributed by atoms with E-state index in [-0.39, 0.29) is 12.3 Å². The molecule has 5 rings (SSSR count). The first kappa shape index (κ1) is 25.2. The number of carbonyl (C=O) groups is 2. The largest absolute Gasteiger partial charge is 0.481 e. The number of piperazine rings is 1. The molecule has 2 aliphatic carbocycles. The van der Waals surface area contributed by atoms with Gasteiger partial charge in [0.05, 0.1) is 15.5 Å². The maximum Gasteiger partial charge on any atom is 0.313 e. The highest BCUT2D eigenvalue weighted by atomic mass is 32.1. The lowest BCUT2D eigenvalue weighted by molar-refractivity contribution is -0.161. The van der Waals surface area contributed by atoms with E-state index in [1.54, 1.807) is 30.6 Å². The summed E-state index contributed by atoms with van der Waals surface area (Å²) in [6.45, 7) is 6.83. The van der Waals surface area contributed by atoms with Gasteiger partial charge in [0, 0.05) is 31.6 Å². The molecule has 1 saturated carbocycles. The SMILES string of the molecule is CC1(C(=O)O)C=CCC(C(=O)O)(C2CCC(CCN3CCN(c4nsc5ccccc45)CC3)CC2)C1. The van der Waals surface area contributed by atoms with Gasteiger partial charge in [-0.05, 0) is 81.1 Å². The van der Waals surface area contributed by atoms with Crippen molar-refractivity contribution in [3.05, 3.63) is 36.4 Å². The number of nitrogens with zero attached hydrogens (tertiary/aromatic N) is 3. The van der Waals surface area contributed by atoms with Gasteiger partial charge < -0.3 is 15.1 Å². The average molecular weight is 512 g/mol. The van der Waals surface area contributed by atoms with Crippen LogP contribution < -0.4 is 4.90 Å². The lowest BCUT2D eigenvalue weighted by Gasteiger charge is -2.46. The molecule has 0 radical (unpaired) electrons. The molecule has 36 heavy (non-hydrogen) atoms. The number of allylic oxidation sites excluding steroid dienone is 1. The highest BCUT2D eigenvalue weighted by Gasteiger charge is 2.53. The highest BCUT2D eigenvalue weighted by Crippen LogP contribution is 2.52. The summed E-state index contributed by atoms with van der Waals surface area (Å²) < 4.78 is 5.96.